The number of aromatic nitrogens is 2. The molecule has 1 saturated heterocycles. The summed E-state index contributed by atoms with van der Waals surface area (Å²) in [5.41, 5.74) is 0.856. The van der Waals surface area contributed by atoms with E-state index in [0.29, 0.717) is 22.7 Å². The number of benzene rings is 1. The van der Waals surface area contributed by atoms with E-state index in [-0.39, 0.29) is 30.7 Å². The second-order valence-electron chi connectivity index (χ2n) is 7.30. The van der Waals surface area contributed by atoms with E-state index >= 15 is 0 Å². The van der Waals surface area contributed by atoms with Crippen molar-refractivity contribution in [3.63, 3.8) is 0 Å². The molecule has 0 aliphatic carbocycles. The number of amides is 3. The number of fused-ring (bicyclic) bond motifs is 1. The molecule has 0 saturated carbocycles. The molecule has 152 valence electrons. The Labute approximate surface area is 172 Å². The number of hydrogen-bond acceptors (Lipinski definition) is 7. The molecule has 0 spiro atoms. The van der Waals surface area contributed by atoms with Gasteiger partial charge >= 0.3 is 0 Å². The normalized spacial score (nSPS) is 16.9. The predicted molar refractivity (Wildman–Crippen MR) is 109 cm³/mol. The number of rotatable bonds is 7. The fourth-order valence-corrected chi connectivity index (χ4v) is 4.50. The highest BCUT2D eigenvalue weighted by atomic mass is 32.1. The van der Waals surface area contributed by atoms with Gasteiger partial charge in [0.25, 0.3) is 11.8 Å². The van der Waals surface area contributed by atoms with Crippen LogP contribution >= 0.6 is 11.3 Å². The van der Waals surface area contributed by atoms with E-state index < -0.39 is 0 Å². The summed E-state index contributed by atoms with van der Waals surface area (Å²) in [7, 11) is 0. The van der Waals surface area contributed by atoms with Crippen LogP contribution in [0.4, 0.5) is 5.13 Å². The number of nitrogens with zero attached hydrogens (tertiary/aromatic N) is 4. The van der Waals surface area contributed by atoms with E-state index in [2.05, 4.69) is 20.4 Å². The lowest BCUT2D eigenvalue weighted by Crippen LogP contribution is -2.31. The van der Waals surface area contributed by atoms with E-state index in [4.69, 9.17) is 0 Å². The summed E-state index contributed by atoms with van der Waals surface area (Å²) in [5.74, 6) is -0.780. The number of anilines is 1. The molecule has 2 aromatic rings. The van der Waals surface area contributed by atoms with Gasteiger partial charge in [0.2, 0.25) is 11.0 Å². The molecule has 9 heteroatoms. The molecule has 1 N–H and O–H groups in total. The second-order valence-corrected chi connectivity index (χ2v) is 8.36. The fraction of sp³-hybridized carbons (Fsp3) is 0.450. The SMILES string of the molecule is O=C(CCCN1C(=O)c2ccccc2C1=O)Nc1nnc(CN2CCCCC2)s1. The molecule has 29 heavy (non-hydrogen) atoms. The van der Waals surface area contributed by atoms with Crippen molar-refractivity contribution in [2.45, 2.75) is 38.6 Å². The average molecular weight is 414 g/mol. The van der Waals surface area contributed by atoms with Crippen molar-refractivity contribution in [2.24, 2.45) is 0 Å². The Morgan fingerprint density at radius 3 is 2.41 bits per heavy atom. The maximum atomic E-state index is 12.3. The third-order valence-electron chi connectivity index (χ3n) is 5.18. The molecule has 0 unspecified atom stereocenters. The predicted octanol–water partition coefficient (Wildman–Crippen LogP) is 2.54. The first kappa shape index (κ1) is 19.7. The maximum Gasteiger partial charge on any atom is 0.261 e. The number of hydrogen-bond donors (Lipinski definition) is 1. The molecule has 0 radical (unpaired) electrons. The van der Waals surface area contributed by atoms with Crippen molar-refractivity contribution in [3.05, 3.63) is 40.4 Å². The third kappa shape index (κ3) is 4.51. The maximum absolute atomic E-state index is 12.3. The van der Waals surface area contributed by atoms with Gasteiger partial charge in [0.15, 0.2) is 0 Å². The largest absolute Gasteiger partial charge is 0.301 e. The molecule has 8 nitrogen and oxygen atoms in total. The van der Waals surface area contributed by atoms with Crippen LogP contribution in [-0.2, 0) is 11.3 Å². The van der Waals surface area contributed by atoms with Crippen molar-refractivity contribution in [2.75, 3.05) is 25.0 Å². The van der Waals surface area contributed by atoms with E-state index in [9.17, 15) is 14.4 Å². The number of carbonyl (C=O) groups is 3. The summed E-state index contributed by atoms with van der Waals surface area (Å²) in [6.07, 6.45) is 4.32. The first-order valence-corrected chi connectivity index (χ1v) is 10.7. The second kappa shape index (κ2) is 8.79. The zero-order chi connectivity index (χ0) is 20.2. The first-order chi connectivity index (χ1) is 14.1. The Hall–Kier alpha value is -2.65. The first-order valence-electron chi connectivity index (χ1n) is 9.91. The summed E-state index contributed by atoms with van der Waals surface area (Å²) < 4.78 is 0. The van der Waals surface area contributed by atoms with E-state index in [0.717, 1.165) is 24.6 Å². The minimum atomic E-state index is -0.294. The van der Waals surface area contributed by atoms with Crippen molar-refractivity contribution < 1.29 is 14.4 Å². The summed E-state index contributed by atoms with van der Waals surface area (Å²) in [4.78, 5) is 40.4. The van der Waals surface area contributed by atoms with Crippen molar-refractivity contribution in [1.29, 1.82) is 0 Å². The van der Waals surface area contributed by atoms with E-state index in [1.165, 1.54) is 35.5 Å². The van der Waals surface area contributed by atoms with Crippen LogP contribution in [0.25, 0.3) is 0 Å². The van der Waals surface area contributed by atoms with Gasteiger partial charge in [-0.2, -0.15) is 0 Å². The summed E-state index contributed by atoms with van der Waals surface area (Å²) in [6.45, 7) is 3.15. The Kier molecular flexibility index (Phi) is 5.96. The Morgan fingerprint density at radius 1 is 1.03 bits per heavy atom. The highest BCUT2D eigenvalue weighted by molar-refractivity contribution is 7.15. The van der Waals surface area contributed by atoms with Crippen LogP contribution in [0.2, 0.25) is 0 Å². The van der Waals surface area contributed by atoms with E-state index in [1.807, 2.05) is 0 Å². The monoisotopic (exact) mass is 413 g/mol. The molecule has 4 rings (SSSR count). The minimum absolute atomic E-state index is 0.192. The molecule has 1 aromatic heterocycles. The molecule has 3 heterocycles. The molecule has 0 atom stereocenters. The van der Waals surface area contributed by atoms with Crippen LogP contribution < -0.4 is 5.32 Å². The van der Waals surface area contributed by atoms with Crippen LogP contribution in [0.5, 0.6) is 0 Å². The van der Waals surface area contributed by atoms with Gasteiger partial charge in [0, 0.05) is 13.0 Å². The smallest absolute Gasteiger partial charge is 0.261 e. The highest BCUT2D eigenvalue weighted by Gasteiger charge is 2.34. The third-order valence-corrected chi connectivity index (χ3v) is 6.01. The van der Waals surface area contributed by atoms with Crippen LogP contribution in [0.3, 0.4) is 0 Å². The molecule has 0 bridgehead atoms. The molecule has 2 aliphatic rings. The van der Waals surface area contributed by atoms with Gasteiger partial charge in [-0.15, -0.1) is 10.2 Å². The lowest BCUT2D eigenvalue weighted by Gasteiger charge is -2.24. The van der Waals surface area contributed by atoms with Crippen LogP contribution in [0.1, 0.15) is 57.8 Å². The minimum Gasteiger partial charge on any atom is -0.301 e. The Bertz CT molecular complexity index is 887. The lowest BCUT2D eigenvalue weighted by atomic mass is 10.1. The number of nitrogens with one attached hydrogen (secondary N) is 1. The highest BCUT2D eigenvalue weighted by Crippen LogP contribution is 2.23. The van der Waals surface area contributed by atoms with Gasteiger partial charge in [0.1, 0.15) is 5.01 Å². The molecular weight excluding hydrogens is 390 g/mol. The Morgan fingerprint density at radius 2 is 1.72 bits per heavy atom. The van der Waals surface area contributed by atoms with Crippen LogP contribution in [0, 0.1) is 0 Å². The lowest BCUT2D eigenvalue weighted by molar-refractivity contribution is -0.116. The number of imide groups is 1. The molecule has 1 fully saturated rings. The summed E-state index contributed by atoms with van der Waals surface area (Å²) in [5, 5.41) is 12.4. The number of likely N-dealkylation sites (tertiary alicyclic amines) is 1. The zero-order valence-electron chi connectivity index (χ0n) is 16.1. The van der Waals surface area contributed by atoms with Gasteiger partial charge in [-0.1, -0.05) is 29.9 Å². The van der Waals surface area contributed by atoms with E-state index in [1.54, 1.807) is 24.3 Å². The van der Waals surface area contributed by atoms with Crippen molar-refractivity contribution in [1.82, 2.24) is 20.0 Å². The van der Waals surface area contributed by atoms with Crippen molar-refractivity contribution >= 4 is 34.2 Å². The van der Waals surface area contributed by atoms with Crippen molar-refractivity contribution in [3.8, 4) is 0 Å². The van der Waals surface area contributed by atoms with Gasteiger partial charge in [0.05, 0.1) is 17.7 Å². The molecular formula is C20H23N5O3S. The quantitative estimate of drug-likeness (QED) is 0.701. The van der Waals surface area contributed by atoms with Crippen LogP contribution in [0.15, 0.2) is 24.3 Å². The van der Waals surface area contributed by atoms with Gasteiger partial charge in [-0.3, -0.25) is 24.2 Å². The topological polar surface area (TPSA) is 95.5 Å². The average Bonchev–Trinajstić information content (AvgIpc) is 3.26. The van der Waals surface area contributed by atoms with Gasteiger partial charge in [-0.05, 0) is 44.5 Å². The molecule has 1 aromatic carbocycles. The fourth-order valence-electron chi connectivity index (χ4n) is 3.70. The van der Waals surface area contributed by atoms with Crippen LogP contribution in [-0.4, -0.2) is 57.4 Å². The Balaban J connectivity index is 1.23. The molecule has 3 amide bonds. The number of carbonyl (C=O) groups excluding carboxylic acids is 3. The van der Waals surface area contributed by atoms with Gasteiger partial charge < -0.3 is 5.32 Å². The van der Waals surface area contributed by atoms with Gasteiger partial charge in [-0.25, -0.2) is 0 Å². The zero-order valence-corrected chi connectivity index (χ0v) is 16.9. The summed E-state index contributed by atoms with van der Waals surface area (Å²) in [6, 6.07) is 6.78. The molecule has 2 aliphatic heterocycles. The standard InChI is InChI=1S/C20H23N5O3S/c26-16(21-20-23-22-17(29-20)13-24-10-4-1-5-11-24)9-6-12-25-18(27)14-7-2-3-8-15(14)19(25)28/h2-3,7-8H,1,4-6,9-13H2,(H,21,23,26). The summed E-state index contributed by atoms with van der Waals surface area (Å²) >= 11 is 1.39. The number of piperidine rings is 1.